The number of aryl methyl sites for hydroxylation is 1. The second-order valence-corrected chi connectivity index (χ2v) is 7.41. The van der Waals surface area contributed by atoms with Crippen LogP contribution in [0.15, 0.2) is 60.2 Å². The Balaban J connectivity index is 1.93. The van der Waals surface area contributed by atoms with Gasteiger partial charge in [0, 0.05) is 22.8 Å². The van der Waals surface area contributed by atoms with Crippen LogP contribution in [-0.4, -0.2) is 23.6 Å². The van der Waals surface area contributed by atoms with E-state index in [1.54, 1.807) is 43.3 Å². The Kier molecular flexibility index (Phi) is 6.92. The predicted octanol–water partition coefficient (Wildman–Crippen LogP) is 5.45. The van der Waals surface area contributed by atoms with Crippen molar-refractivity contribution in [3.05, 3.63) is 88.2 Å². The van der Waals surface area contributed by atoms with E-state index < -0.39 is 23.6 Å². The Labute approximate surface area is 193 Å². The molecular formula is C25H20F3N3O3. The minimum absolute atomic E-state index is 0.0777. The number of hydrogen-bond donors (Lipinski definition) is 1. The molecule has 2 aromatic carbocycles. The lowest BCUT2D eigenvalue weighted by molar-refractivity contribution is -0.137. The predicted molar refractivity (Wildman–Crippen MR) is 120 cm³/mol. The Morgan fingerprint density at radius 2 is 1.79 bits per heavy atom. The zero-order chi connectivity index (χ0) is 25.0. The second-order valence-electron chi connectivity index (χ2n) is 7.41. The molecule has 0 bridgehead atoms. The largest absolute Gasteiger partial charge is 0.465 e. The molecule has 0 aliphatic rings. The molecule has 0 radical (unpaired) electrons. The van der Waals surface area contributed by atoms with E-state index in [0.717, 1.165) is 17.8 Å². The van der Waals surface area contributed by atoms with Crippen LogP contribution in [0.25, 0.3) is 11.8 Å². The number of nitrogens with zero attached hydrogens (tertiary/aromatic N) is 2. The highest BCUT2D eigenvalue weighted by Crippen LogP contribution is 2.31. The first-order valence-corrected chi connectivity index (χ1v) is 10.0. The average molecular weight is 467 g/mol. The van der Waals surface area contributed by atoms with Gasteiger partial charge in [-0.25, -0.2) is 4.79 Å². The fourth-order valence-corrected chi connectivity index (χ4v) is 3.50. The zero-order valence-electron chi connectivity index (χ0n) is 18.5. The lowest BCUT2D eigenvalue weighted by Gasteiger charge is -2.11. The van der Waals surface area contributed by atoms with Gasteiger partial charge in [-0.2, -0.15) is 18.4 Å². The fourth-order valence-electron chi connectivity index (χ4n) is 3.50. The Bertz CT molecular complexity index is 1330. The number of methoxy groups -OCH3 is 1. The number of halogens is 3. The Morgan fingerprint density at radius 3 is 2.44 bits per heavy atom. The van der Waals surface area contributed by atoms with Crippen LogP contribution >= 0.6 is 0 Å². The first kappa shape index (κ1) is 24.3. The van der Waals surface area contributed by atoms with Gasteiger partial charge in [-0.1, -0.05) is 12.1 Å². The number of carbonyl (C=O) groups excluding carboxylic acids is 2. The summed E-state index contributed by atoms with van der Waals surface area (Å²) in [6.45, 7) is 3.60. The van der Waals surface area contributed by atoms with Crippen LogP contribution in [0.3, 0.4) is 0 Å². The lowest BCUT2D eigenvalue weighted by Crippen LogP contribution is -2.14. The third-order valence-corrected chi connectivity index (χ3v) is 5.11. The summed E-state index contributed by atoms with van der Waals surface area (Å²) in [5.74, 6) is -1.32. The van der Waals surface area contributed by atoms with E-state index in [2.05, 4.69) is 5.32 Å². The molecule has 1 amide bonds. The molecule has 1 N–H and O–H groups in total. The molecular weight excluding hydrogens is 447 g/mol. The quantitative estimate of drug-likeness (QED) is 0.307. The van der Waals surface area contributed by atoms with Crippen molar-refractivity contribution in [2.24, 2.45) is 0 Å². The molecule has 0 saturated carbocycles. The normalized spacial score (nSPS) is 11.6. The topological polar surface area (TPSA) is 84.1 Å². The SMILES string of the molecule is COC(=O)c1cccc(-n2c(C)cc(/C=C(/C#N)C(=O)Nc3cccc(C(F)(F)F)c3)c2C)c1. The molecule has 6 nitrogen and oxygen atoms in total. The molecule has 9 heteroatoms. The van der Waals surface area contributed by atoms with Crippen LogP contribution in [0.4, 0.5) is 18.9 Å². The first-order chi connectivity index (χ1) is 16.0. The monoisotopic (exact) mass is 467 g/mol. The van der Waals surface area contributed by atoms with Crippen molar-refractivity contribution in [2.45, 2.75) is 20.0 Å². The summed E-state index contributed by atoms with van der Waals surface area (Å²) in [4.78, 5) is 24.5. The molecule has 0 unspecified atom stereocenters. The number of rotatable bonds is 5. The summed E-state index contributed by atoms with van der Waals surface area (Å²) < 4.78 is 45.4. The molecule has 174 valence electrons. The molecule has 1 heterocycles. The number of anilines is 1. The van der Waals surface area contributed by atoms with E-state index in [9.17, 15) is 28.0 Å². The highest BCUT2D eigenvalue weighted by Gasteiger charge is 2.30. The highest BCUT2D eigenvalue weighted by molar-refractivity contribution is 6.09. The van der Waals surface area contributed by atoms with Gasteiger partial charge in [-0.15, -0.1) is 0 Å². The van der Waals surface area contributed by atoms with Crippen molar-refractivity contribution in [2.75, 3.05) is 12.4 Å². The average Bonchev–Trinajstić information content (AvgIpc) is 3.09. The van der Waals surface area contributed by atoms with Crippen LogP contribution < -0.4 is 5.32 Å². The number of hydrogen-bond acceptors (Lipinski definition) is 4. The summed E-state index contributed by atoms with van der Waals surface area (Å²) in [6.07, 6.45) is -3.19. The van der Waals surface area contributed by atoms with E-state index in [-0.39, 0.29) is 11.3 Å². The number of ether oxygens (including phenoxy) is 1. The van der Waals surface area contributed by atoms with E-state index >= 15 is 0 Å². The molecule has 0 atom stereocenters. The van der Waals surface area contributed by atoms with Crippen LogP contribution in [0, 0.1) is 25.2 Å². The number of esters is 1. The van der Waals surface area contributed by atoms with Crippen molar-refractivity contribution >= 4 is 23.6 Å². The number of aromatic nitrogens is 1. The van der Waals surface area contributed by atoms with Gasteiger partial charge >= 0.3 is 12.1 Å². The third-order valence-electron chi connectivity index (χ3n) is 5.11. The van der Waals surface area contributed by atoms with Gasteiger partial charge < -0.3 is 14.6 Å². The lowest BCUT2D eigenvalue weighted by atomic mass is 10.1. The molecule has 0 spiro atoms. The molecule has 3 rings (SSSR count). The van der Waals surface area contributed by atoms with Crippen molar-refractivity contribution in [1.29, 1.82) is 5.26 Å². The highest BCUT2D eigenvalue weighted by atomic mass is 19.4. The standard InChI is InChI=1S/C25H20F3N3O3/c1-15-10-18(16(2)31(15)22-9-4-6-17(12-22)24(33)34-3)11-19(14-29)23(32)30-21-8-5-7-20(13-21)25(26,27)28/h4-13H,1-3H3,(H,30,32)/b19-11-. The van der Waals surface area contributed by atoms with Gasteiger partial charge in [0.1, 0.15) is 11.6 Å². The van der Waals surface area contributed by atoms with Crippen molar-refractivity contribution < 1.29 is 27.5 Å². The minimum Gasteiger partial charge on any atom is -0.465 e. The van der Waals surface area contributed by atoms with Gasteiger partial charge in [0.25, 0.3) is 5.91 Å². The van der Waals surface area contributed by atoms with Gasteiger partial charge in [0.05, 0.1) is 18.2 Å². The summed E-state index contributed by atoms with van der Waals surface area (Å²) >= 11 is 0. The zero-order valence-corrected chi connectivity index (χ0v) is 18.5. The second kappa shape index (κ2) is 9.67. The number of carbonyl (C=O) groups is 2. The van der Waals surface area contributed by atoms with Crippen LogP contribution in [0.2, 0.25) is 0 Å². The van der Waals surface area contributed by atoms with Gasteiger partial charge in [-0.05, 0) is 68.0 Å². The molecule has 0 aliphatic heterocycles. The first-order valence-electron chi connectivity index (χ1n) is 10.0. The van der Waals surface area contributed by atoms with Crippen molar-refractivity contribution in [1.82, 2.24) is 4.57 Å². The Hall–Kier alpha value is -4.32. The molecule has 0 fully saturated rings. The number of alkyl halides is 3. The third kappa shape index (κ3) is 5.18. The van der Waals surface area contributed by atoms with Crippen LogP contribution in [0.5, 0.6) is 0 Å². The number of nitrogens with one attached hydrogen (secondary N) is 1. The van der Waals surface area contributed by atoms with Crippen molar-refractivity contribution in [3.63, 3.8) is 0 Å². The van der Waals surface area contributed by atoms with E-state index in [1.165, 1.54) is 25.3 Å². The molecule has 0 saturated heterocycles. The van der Waals surface area contributed by atoms with Gasteiger partial charge in [0.15, 0.2) is 0 Å². The maximum atomic E-state index is 12.9. The molecule has 3 aromatic rings. The van der Waals surface area contributed by atoms with Crippen molar-refractivity contribution in [3.8, 4) is 11.8 Å². The van der Waals surface area contributed by atoms with E-state index in [4.69, 9.17) is 4.74 Å². The molecule has 0 aliphatic carbocycles. The summed E-state index contributed by atoms with van der Waals surface area (Å²) in [5, 5.41) is 11.8. The maximum absolute atomic E-state index is 12.9. The Morgan fingerprint density at radius 1 is 1.09 bits per heavy atom. The number of benzene rings is 2. The summed E-state index contributed by atoms with van der Waals surface area (Å²) in [6, 6.07) is 14.5. The van der Waals surface area contributed by atoms with Crippen LogP contribution in [0.1, 0.15) is 32.9 Å². The maximum Gasteiger partial charge on any atom is 0.416 e. The summed E-state index contributed by atoms with van der Waals surface area (Å²) in [7, 11) is 1.29. The summed E-state index contributed by atoms with van der Waals surface area (Å²) in [5.41, 5.74) is 1.82. The van der Waals surface area contributed by atoms with E-state index in [1.807, 2.05) is 11.5 Å². The number of amides is 1. The molecule has 1 aromatic heterocycles. The minimum atomic E-state index is -4.56. The van der Waals surface area contributed by atoms with Gasteiger partial charge in [0.2, 0.25) is 0 Å². The van der Waals surface area contributed by atoms with Gasteiger partial charge in [-0.3, -0.25) is 4.79 Å². The number of nitriles is 1. The molecule has 34 heavy (non-hydrogen) atoms. The fraction of sp³-hybridized carbons (Fsp3) is 0.160. The van der Waals surface area contributed by atoms with E-state index in [0.29, 0.717) is 22.5 Å². The smallest absolute Gasteiger partial charge is 0.416 e. The van der Waals surface area contributed by atoms with Crippen LogP contribution in [-0.2, 0) is 15.7 Å².